The Morgan fingerprint density at radius 2 is 1.96 bits per heavy atom. The highest BCUT2D eigenvalue weighted by Crippen LogP contribution is 2.24. The molecule has 0 saturated carbocycles. The lowest BCUT2D eigenvalue weighted by Crippen LogP contribution is -2.49. The molecule has 3 rings (SSSR count). The summed E-state index contributed by atoms with van der Waals surface area (Å²) in [5.74, 6) is -0.969. The number of carbonyl (C=O) groups excluding carboxylic acids is 1. The molecule has 5 nitrogen and oxygen atoms in total. The summed E-state index contributed by atoms with van der Waals surface area (Å²) in [4.78, 5) is 25.6. The number of amides is 1. The van der Waals surface area contributed by atoms with Gasteiger partial charge in [0.25, 0.3) is 0 Å². The quantitative estimate of drug-likeness (QED) is 0.878. The molecule has 0 radical (unpaired) electrons. The summed E-state index contributed by atoms with van der Waals surface area (Å²) in [5.41, 5.74) is 1.07. The van der Waals surface area contributed by atoms with Gasteiger partial charge in [-0.25, -0.2) is 0 Å². The predicted molar refractivity (Wildman–Crippen MR) is 97.4 cm³/mol. The van der Waals surface area contributed by atoms with Crippen molar-refractivity contribution in [2.75, 3.05) is 13.1 Å². The van der Waals surface area contributed by atoms with Gasteiger partial charge in [0.15, 0.2) is 0 Å². The maximum atomic E-state index is 12.5. The molecule has 2 unspecified atom stereocenters. The van der Waals surface area contributed by atoms with Crippen LogP contribution in [0.25, 0.3) is 10.8 Å². The van der Waals surface area contributed by atoms with Crippen LogP contribution in [0.5, 0.6) is 0 Å². The number of carboxylic acids is 1. The summed E-state index contributed by atoms with van der Waals surface area (Å²) in [6.07, 6.45) is 2.46. The van der Waals surface area contributed by atoms with E-state index in [2.05, 4.69) is 23.5 Å². The molecule has 0 spiro atoms. The average molecular weight is 340 g/mol. The molecule has 1 aliphatic heterocycles. The van der Waals surface area contributed by atoms with E-state index in [-0.39, 0.29) is 18.5 Å². The second-order valence-electron chi connectivity index (χ2n) is 6.68. The lowest BCUT2D eigenvalue weighted by Gasteiger charge is -2.32. The number of fused-ring (bicyclic) bond motifs is 1. The fourth-order valence-corrected chi connectivity index (χ4v) is 3.64. The summed E-state index contributed by atoms with van der Waals surface area (Å²) in [5, 5.41) is 14.6. The second-order valence-corrected chi connectivity index (χ2v) is 6.68. The zero-order valence-electron chi connectivity index (χ0n) is 14.4. The van der Waals surface area contributed by atoms with Crippen molar-refractivity contribution >= 4 is 22.6 Å². The molecule has 1 amide bonds. The summed E-state index contributed by atoms with van der Waals surface area (Å²) >= 11 is 0. The van der Waals surface area contributed by atoms with Gasteiger partial charge in [0.1, 0.15) is 6.04 Å². The van der Waals surface area contributed by atoms with Crippen LogP contribution in [0.3, 0.4) is 0 Å². The van der Waals surface area contributed by atoms with E-state index in [1.165, 1.54) is 0 Å². The summed E-state index contributed by atoms with van der Waals surface area (Å²) in [6.45, 7) is 2.75. The van der Waals surface area contributed by atoms with Crippen LogP contribution in [-0.2, 0) is 9.59 Å². The molecule has 2 atom stereocenters. The van der Waals surface area contributed by atoms with Crippen molar-refractivity contribution in [2.45, 2.75) is 38.3 Å². The van der Waals surface area contributed by atoms with E-state index in [1.807, 2.05) is 31.2 Å². The number of hydrogen-bond donors (Lipinski definition) is 2. The molecule has 1 aliphatic rings. The molecule has 1 heterocycles. The predicted octanol–water partition coefficient (Wildman–Crippen LogP) is 2.96. The van der Waals surface area contributed by atoms with Crippen molar-refractivity contribution in [1.82, 2.24) is 10.2 Å². The highest BCUT2D eigenvalue weighted by Gasteiger charge is 2.29. The van der Waals surface area contributed by atoms with E-state index in [0.29, 0.717) is 13.0 Å². The van der Waals surface area contributed by atoms with Crippen LogP contribution in [0.4, 0.5) is 0 Å². The van der Waals surface area contributed by atoms with Gasteiger partial charge in [-0.3, -0.25) is 14.5 Å². The van der Waals surface area contributed by atoms with Crippen LogP contribution in [0, 0.1) is 0 Å². The van der Waals surface area contributed by atoms with Crippen LogP contribution < -0.4 is 5.32 Å². The van der Waals surface area contributed by atoms with Gasteiger partial charge in [-0.1, -0.05) is 48.9 Å². The van der Waals surface area contributed by atoms with Gasteiger partial charge in [0.05, 0.1) is 12.6 Å². The lowest BCUT2D eigenvalue weighted by atomic mass is 9.99. The number of rotatable bonds is 5. The molecule has 1 fully saturated rings. The van der Waals surface area contributed by atoms with Crippen molar-refractivity contribution in [3.8, 4) is 0 Å². The van der Waals surface area contributed by atoms with Gasteiger partial charge in [0.2, 0.25) is 5.91 Å². The Morgan fingerprint density at radius 1 is 1.20 bits per heavy atom. The first-order valence-corrected chi connectivity index (χ1v) is 8.80. The molecule has 1 saturated heterocycles. The number of nitrogens with one attached hydrogen (secondary N) is 1. The Labute approximate surface area is 147 Å². The minimum Gasteiger partial charge on any atom is -0.480 e. The van der Waals surface area contributed by atoms with Crippen LogP contribution in [0.1, 0.15) is 37.8 Å². The van der Waals surface area contributed by atoms with Gasteiger partial charge in [-0.2, -0.15) is 0 Å². The first-order valence-electron chi connectivity index (χ1n) is 8.80. The van der Waals surface area contributed by atoms with E-state index in [1.54, 1.807) is 4.90 Å². The van der Waals surface area contributed by atoms with Gasteiger partial charge >= 0.3 is 5.97 Å². The molecule has 2 aromatic carbocycles. The van der Waals surface area contributed by atoms with Crippen molar-refractivity contribution in [2.24, 2.45) is 0 Å². The zero-order chi connectivity index (χ0) is 17.8. The molecule has 5 heteroatoms. The van der Waals surface area contributed by atoms with Crippen molar-refractivity contribution in [3.05, 3.63) is 48.0 Å². The maximum absolute atomic E-state index is 12.5. The van der Waals surface area contributed by atoms with E-state index >= 15 is 0 Å². The third kappa shape index (κ3) is 3.99. The van der Waals surface area contributed by atoms with E-state index in [9.17, 15) is 14.7 Å². The fraction of sp³-hybridized carbons (Fsp3) is 0.400. The number of hydrogen-bond acceptors (Lipinski definition) is 3. The summed E-state index contributed by atoms with van der Waals surface area (Å²) in [7, 11) is 0. The first kappa shape index (κ1) is 17.4. The van der Waals surface area contributed by atoms with E-state index in [0.717, 1.165) is 29.2 Å². The minimum atomic E-state index is -0.838. The number of piperidine rings is 1. The molecular weight excluding hydrogens is 316 g/mol. The second kappa shape index (κ2) is 7.66. The smallest absolute Gasteiger partial charge is 0.320 e. The first-order chi connectivity index (χ1) is 12.1. The lowest BCUT2D eigenvalue weighted by molar-refractivity contribution is -0.145. The molecule has 2 aromatic rings. The third-order valence-corrected chi connectivity index (χ3v) is 4.91. The van der Waals surface area contributed by atoms with Gasteiger partial charge in [-0.05, 0) is 42.6 Å². The van der Waals surface area contributed by atoms with Gasteiger partial charge in [0, 0.05) is 0 Å². The Hall–Kier alpha value is -2.40. The van der Waals surface area contributed by atoms with Gasteiger partial charge in [-0.15, -0.1) is 0 Å². The minimum absolute atomic E-state index is 0.131. The topological polar surface area (TPSA) is 69.6 Å². The Kier molecular flexibility index (Phi) is 5.34. The SMILES string of the molecule is CC(NC(=O)CN1CCCCC1C(=O)O)c1cccc2ccccc12. The molecule has 2 N–H and O–H groups in total. The summed E-state index contributed by atoms with van der Waals surface area (Å²) in [6, 6.07) is 13.5. The number of likely N-dealkylation sites (tertiary alicyclic amines) is 1. The largest absolute Gasteiger partial charge is 0.480 e. The van der Waals surface area contributed by atoms with E-state index in [4.69, 9.17) is 0 Å². The Bertz CT molecular complexity index is 769. The highest BCUT2D eigenvalue weighted by atomic mass is 16.4. The molecule has 0 aliphatic carbocycles. The molecular formula is C20H24N2O3. The normalized spacial score (nSPS) is 19.5. The molecule has 0 bridgehead atoms. The Balaban J connectivity index is 1.68. The van der Waals surface area contributed by atoms with Crippen molar-refractivity contribution in [1.29, 1.82) is 0 Å². The van der Waals surface area contributed by atoms with Crippen molar-refractivity contribution in [3.63, 3.8) is 0 Å². The van der Waals surface area contributed by atoms with E-state index < -0.39 is 12.0 Å². The zero-order valence-corrected chi connectivity index (χ0v) is 14.4. The van der Waals surface area contributed by atoms with Crippen LogP contribution in [0.15, 0.2) is 42.5 Å². The van der Waals surface area contributed by atoms with Crippen LogP contribution in [-0.4, -0.2) is 41.0 Å². The Morgan fingerprint density at radius 3 is 2.76 bits per heavy atom. The maximum Gasteiger partial charge on any atom is 0.320 e. The van der Waals surface area contributed by atoms with Crippen LogP contribution >= 0.6 is 0 Å². The molecule has 0 aromatic heterocycles. The number of carbonyl (C=O) groups is 2. The molecule has 25 heavy (non-hydrogen) atoms. The highest BCUT2D eigenvalue weighted by molar-refractivity contribution is 5.87. The van der Waals surface area contributed by atoms with Crippen molar-refractivity contribution < 1.29 is 14.7 Å². The fourth-order valence-electron chi connectivity index (χ4n) is 3.64. The van der Waals surface area contributed by atoms with Crippen LogP contribution in [0.2, 0.25) is 0 Å². The molecule has 132 valence electrons. The number of aliphatic carboxylic acids is 1. The number of benzene rings is 2. The average Bonchev–Trinajstić information content (AvgIpc) is 2.61. The standard InChI is InChI=1S/C20H24N2O3/c1-14(16-10-6-8-15-7-2-3-9-17(15)16)21-19(23)13-22-12-5-4-11-18(22)20(24)25/h2-3,6-10,14,18H,4-5,11-13H2,1H3,(H,21,23)(H,24,25). The number of carboxylic acid groups (broad SMARTS) is 1. The third-order valence-electron chi connectivity index (χ3n) is 4.91. The monoisotopic (exact) mass is 340 g/mol. The number of nitrogens with zero attached hydrogens (tertiary/aromatic N) is 1. The summed E-state index contributed by atoms with van der Waals surface area (Å²) < 4.78 is 0. The van der Waals surface area contributed by atoms with Gasteiger partial charge < -0.3 is 10.4 Å².